The van der Waals surface area contributed by atoms with Crippen molar-refractivity contribution in [1.29, 1.82) is 0 Å². The molecule has 2 heterocycles. The van der Waals surface area contributed by atoms with Gasteiger partial charge in [-0.15, -0.1) is 11.6 Å². The van der Waals surface area contributed by atoms with Gasteiger partial charge in [0.25, 0.3) is 0 Å². The van der Waals surface area contributed by atoms with Gasteiger partial charge in [0.1, 0.15) is 11.6 Å². The molecule has 1 aromatic carbocycles. The summed E-state index contributed by atoms with van der Waals surface area (Å²) in [5.74, 6) is 0.639. The lowest BCUT2D eigenvalue weighted by Crippen LogP contribution is -2.24. The van der Waals surface area contributed by atoms with Crippen molar-refractivity contribution in [2.24, 2.45) is 0 Å². The minimum absolute atomic E-state index is 0.126. The Balaban J connectivity index is 1.92. The molecule has 0 atom stereocenters. The van der Waals surface area contributed by atoms with Crippen LogP contribution in [0.3, 0.4) is 0 Å². The quantitative estimate of drug-likeness (QED) is 0.803. The second kappa shape index (κ2) is 5.88. The zero-order valence-electron chi connectivity index (χ0n) is 11.1. The third-order valence-corrected chi connectivity index (χ3v) is 4.36. The Morgan fingerprint density at radius 2 is 1.95 bits per heavy atom. The molecule has 0 radical (unpaired) electrons. The van der Waals surface area contributed by atoms with E-state index in [1.54, 1.807) is 6.07 Å². The number of halogens is 3. The largest absolute Gasteiger partial charge is 0.326 e. The molecule has 1 aliphatic rings. The number of rotatable bonds is 4. The average Bonchev–Trinajstić information content (AvgIpc) is 3.05. The van der Waals surface area contributed by atoms with E-state index in [2.05, 4.69) is 9.88 Å². The fourth-order valence-electron chi connectivity index (χ4n) is 2.77. The first kappa shape index (κ1) is 14.1. The van der Waals surface area contributed by atoms with E-state index in [1.165, 1.54) is 18.9 Å². The minimum atomic E-state index is -0.440. The summed E-state index contributed by atoms with van der Waals surface area (Å²) in [7, 11) is 0. The van der Waals surface area contributed by atoms with Crippen LogP contribution in [0, 0.1) is 5.82 Å². The zero-order valence-corrected chi connectivity index (χ0v) is 12.6. The highest BCUT2D eigenvalue weighted by Crippen LogP contribution is 2.24. The first-order chi connectivity index (χ1) is 9.69. The van der Waals surface area contributed by atoms with Crippen molar-refractivity contribution in [1.82, 2.24) is 14.5 Å². The smallest absolute Gasteiger partial charge is 0.144 e. The van der Waals surface area contributed by atoms with Crippen molar-refractivity contribution in [2.45, 2.75) is 25.3 Å². The summed E-state index contributed by atoms with van der Waals surface area (Å²) in [6.45, 7) is 4.07. The Kier molecular flexibility index (Phi) is 4.15. The molecule has 1 fully saturated rings. The van der Waals surface area contributed by atoms with Gasteiger partial charge in [0.05, 0.1) is 21.9 Å². The highest BCUT2D eigenvalue weighted by Gasteiger charge is 2.15. The van der Waals surface area contributed by atoms with Crippen LogP contribution in [-0.2, 0) is 12.4 Å². The standard InChI is InChI=1S/C14H16Cl2FN3/c15-9-14-18-12-8-11(17)10(16)7-13(12)20(14)6-5-19-3-1-2-4-19/h7-8H,1-6,9H2. The molecule has 0 saturated carbocycles. The lowest BCUT2D eigenvalue weighted by Gasteiger charge is -2.16. The molecule has 6 heteroatoms. The molecule has 0 unspecified atom stereocenters. The van der Waals surface area contributed by atoms with Crippen LogP contribution >= 0.6 is 23.2 Å². The van der Waals surface area contributed by atoms with Crippen molar-refractivity contribution in [3.05, 3.63) is 28.8 Å². The van der Waals surface area contributed by atoms with Crippen LogP contribution < -0.4 is 0 Å². The first-order valence-corrected chi connectivity index (χ1v) is 7.73. The number of alkyl halides is 1. The molecule has 20 heavy (non-hydrogen) atoms. The highest BCUT2D eigenvalue weighted by molar-refractivity contribution is 6.31. The van der Waals surface area contributed by atoms with E-state index >= 15 is 0 Å². The van der Waals surface area contributed by atoms with E-state index in [1.807, 2.05) is 4.57 Å². The van der Waals surface area contributed by atoms with Gasteiger partial charge in [0, 0.05) is 19.2 Å². The van der Waals surface area contributed by atoms with Crippen molar-refractivity contribution in [3.63, 3.8) is 0 Å². The number of nitrogens with zero attached hydrogens (tertiary/aromatic N) is 3. The molecule has 108 valence electrons. The minimum Gasteiger partial charge on any atom is -0.326 e. The average molecular weight is 316 g/mol. The van der Waals surface area contributed by atoms with Gasteiger partial charge in [0.2, 0.25) is 0 Å². The molecule has 1 saturated heterocycles. The second-order valence-corrected chi connectivity index (χ2v) is 5.79. The fraction of sp³-hybridized carbons (Fsp3) is 0.500. The molecule has 0 amide bonds. The van der Waals surface area contributed by atoms with Crippen molar-refractivity contribution in [3.8, 4) is 0 Å². The monoisotopic (exact) mass is 315 g/mol. The Labute approximate surface area is 127 Å². The van der Waals surface area contributed by atoms with Crippen LogP contribution in [0.2, 0.25) is 5.02 Å². The van der Waals surface area contributed by atoms with Gasteiger partial charge >= 0.3 is 0 Å². The predicted molar refractivity (Wildman–Crippen MR) is 79.9 cm³/mol. The number of hydrogen-bond donors (Lipinski definition) is 0. The summed E-state index contributed by atoms with van der Waals surface area (Å²) < 4.78 is 15.6. The molecular formula is C14H16Cl2FN3. The fourth-order valence-corrected chi connectivity index (χ4v) is 3.13. The van der Waals surface area contributed by atoms with E-state index in [-0.39, 0.29) is 5.02 Å². The Bertz CT molecular complexity index is 620. The maximum Gasteiger partial charge on any atom is 0.144 e. The van der Waals surface area contributed by atoms with Gasteiger partial charge in [-0.05, 0) is 32.0 Å². The third-order valence-electron chi connectivity index (χ3n) is 3.83. The van der Waals surface area contributed by atoms with Crippen molar-refractivity contribution < 1.29 is 4.39 Å². The SMILES string of the molecule is Fc1cc2nc(CCl)n(CCN3CCCC3)c2cc1Cl. The number of fused-ring (bicyclic) bond motifs is 1. The molecule has 3 nitrogen and oxygen atoms in total. The second-order valence-electron chi connectivity index (χ2n) is 5.12. The van der Waals surface area contributed by atoms with E-state index in [0.29, 0.717) is 11.4 Å². The van der Waals surface area contributed by atoms with Gasteiger partial charge in [-0.2, -0.15) is 0 Å². The molecule has 1 aliphatic heterocycles. The summed E-state index contributed by atoms with van der Waals surface area (Å²) >= 11 is 11.8. The van der Waals surface area contributed by atoms with Crippen LogP contribution in [0.25, 0.3) is 11.0 Å². The van der Waals surface area contributed by atoms with Crippen LogP contribution in [-0.4, -0.2) is 34.1 Å². The molecular weight excluding hydrogens is 300 g/mol. The van der Waals surface area contributed by atoms with Crippen LogP contribution in [0.1, 0.15) is 18.7 Å². The van der Waals surface area contributed by atoms with Crippen LogP contribution in [0.4, 0.5) is 4.39 Å². The lowest BCUT2D eigenvalue weighted by atomic mass is 10.3. The summed E-state index contributed by atoms with van der Waals surface area (Å²) in [6, 6.07) is 3.01. The number of hydrogen-bond acceptors (Lipinski definition) is 2. The Hall–Kier alpha value is -0.840. The van der Waals surface area contributed by atoms with Gasteiger partial charge in [0.15, 0.2) is 0 Å². The van der Waals surface area contributed by atoms with E-state index in [0.717, 1.165) is 37.5 Å². The summed E-state index contributed by atoms with van der Waals surface area (Å²) in [6.07, 6.45) is 2.54. The molecule has 1 aromatic heterocycles. The van der Waals surface area contributed by atoms with Crippen LogP contribution in [0.5, 0.6) is 0 Å². The van der Waals surface area contributed by atoms with Crippen molar-refractivity contribution >= 4 is 34.2 Å². The van der Waals surface area contributed by atoms with Crippen LogP contribution in [0.15, 0.2) is 12.1 Å². The van der Waals surface area contributed by atoms with E-state index < -0.39 is 5.82 Å². The molecule has 0 aliphatic carbocycles. The van der Waals surface area contributed by atoms with E-state index in [9.17, 15) is 4.39 Å². The number of imidazole rings is 1. The normalized spacial score (nSPS) is 16.4. The van der Waals surface area contributed by atoms with E-state index in [4.69, 9.17) is 23.2 Å². The van der Waals surface area contributed by atoms with Crippen molar-refractivity contribution in [2.75, 3.05) is 19.6 Å². The summed E-state index contributed by atoms with van der Waals surface area (Å²) in [5, 5.41) is 0.126. The van der Waals surface area contributed by atoms with Gasteiger partial charge in [-0.3, -0.25) is 0 Å². The molecule has 2 aromatic rings. The van der Waals surface area contributed by atoms with Gasteiger partial charge in [-0.1, -0.05) is 11.6 Å². The van der Waals surface area contributed by atoms with Gasteiger partial charge in [-0.25, -0.2) is 9.37 Å². The predicted octanol–water partition coefficient (Wildman–Crippen LogP) is 3.66. The number of likely N-dealkylation sites (tertiary alicyclic amines) is 1. The zero-order chi connectivity index (χ0) is 14.1. The molecule has 0 bridgehead atoms. The molecule has 0 spiro atoms. The highest BCUT2D eigenvalue weighted by atomic mass is 35.5. The third kappa shape index (κ3) is 2.65. The summed E-state index contributed by atoms with van der Waals surface area (Å²) in [4.78, 5) is 6.82. The first-order valence-electron chi connectivity index (χ1n) is 6.81. The Morgan fingerprint density at radius 1 is 1.20 bits per heavy atom. The summed E-state index contributed by atoms with van der Waals surface area (Å²) in [5.41, 5.74) is 1.47. The Morgan fingerprint density at radius 3 is 2.65 bits per heavy atom. The number of benzene rings is 1. The van der Waals surface area contributed by atoms with Gasteiger partial charge < -0.3 is 9.47 Å². The lowest BCUT2D eigenvalue weighted by molar-refractivity contribution is 0.323. The maximum atomic E-state index is 13.5. The molecule has 0 N–H and O–H groups in total. The maximum absolute atomic E-state index is 13.5. The molecule has 3 rings (SSSR count). The topological polar surface area (TPSA) is 21.1 Å². The number of aromatic nitrogens is 2.